The maximum atomic E-state index is 15.3. The predicted molar refractivity (Wildman–Crippen MR) is 124 cm³/mol. The summed E-state index contributed by atoms with van der Waals surface area (Å²) in [6.07, 6.45) is -1.57. The largest absolute Gasteiger partial charge is 0.479 e. The van der Waals surface area contributed by atoms with Crippen molar-refractivity contribution in [3.05, 3.63) is 36.0 Å². The van der Waals surface area contributed by atoms with E-state index in [1.807, 2.05) is 0 Å². The van der Waals surface area contributed by atoms with Crippen LogP contribution in [0.3, 0.4) is 0 Å². The van der Waals surface area contributed by atoms with Crippen molar-refractivity contribution in [3.8, 4) is 17.0 Å². The number of rotatable bonds is 6. The van der Waals surface area contributed by atoms with E-state index in [0.29, 0.717) is 22.4 Å². The molecule has 1 saturated heterocycles. The molecule has 1 amide bonds. The summed E-state index contributed by atoms with van der Waals surface area (Å²) < 4.78 is 78.2. The first-order valence-corrected chi connectivity index (χ1v) is 11.3. The minimum absolute atomic E-state index is 0.0432. The van der Waals surface area contributed by atoms with Crippen LogP contribution in [0.1, 0.15) is 12.7 Å². The topological polar surface area (TPSA) is 89.6 Å². The molecule has 0 unspecified atom stereocenters. The normalized spacial score (nSPS) is 17.3. The van der Waals surface area contributed by atoms with E-state index in [1.54, 1.807) is 19.1 Å². The van der Waals surface area contributed by atoms with E-state index in [1.165, 1.54) is 24.7 Å². The van der Waals surface area contributed by atoms with Crippen molar-refractivity contribution in [2.45, 2.75) is 38.8 Å². The molecule has 9 nitrogen and oxygen atoms in total. The lowest BCUT2D eigenvalue weighted by molar-refractivity contribution is -0.129. The van der Waals surface area contributed by atoms with E-state index >= 15 is 4.39 Å². The highest BCUT2D eigenvalue weighted by atomic mass is 19.3. The second kappa shape index (κ2) is 8.85. The van der Waals surface area contributed by atoms with Gasteiger partial charge in [-0.05, 0) is 24.6 Å². The lowest BCUT2D eigenvalue weighted by Crippen LogP contribution is -2.38. The minimum Gasteiger partial charge on any atom is -0.479 e. The number of carbonyl (C=O) groups is 1. The third-order valence-corrected chi connectivity index (χ3v) is 6.36. The Morgan fingerprint density at radius 3 is 2.70 bits per heavy atom. The molecular formula is C23H22F5N7O2. The van der Waals surface area contributed by atoms with Gasteiger partial charge < -0.3 is 19.5 Å². The van der Waals surface area contributed by atoms with Gasteiger partial charge in [0.2, 0.25) is 17.7 Å². The van der Waals surface area contributed by atoms with Crippen LogP contribution in [0.2, 0.25) is 0 Å². The number of ether oxygens (including phenoxy) is 1. The van der Waals surface area contributed by atoms with Gasteiger partial charge in [-0.25, -0.2) is 31.5 Å². The summed E-state index contributed by atoms with van der Waals surface area (Å²) in [4.78, 5) is 21.0. The van der Waals surface area contributed by atoms with Gasteiger partial charge in [0.1, 0.15) is 17.4 Å². The second-order valence-corrected chi connectivity index (χ2v) is 8.81. The van der Waals surface area contributed by atoms with Gasteiger partial charge in [0, 0.05) is 13.5 Å². The Balaban J connectivity index is 1.57. The molecule has 0 radical (unpaired) electrons. The van der Waals surface area contributed by atoms with E-state index in [0.717, 1.165) is 15.6 Å². The van der Waals surface area contributed by atoms with Gasteiger partial charge in [0.15, 0.2) is 5.82 Å². The Morgan fingerprint density at radius 2 is 2.05 bits per heavy atom. The molecule has 1 aromatic carbocycles. The van der Waals surface area contributed by atoms with Crippen LogP contribution in [0.25, 0.3) is 27.7 Å². The standard InChI is InChI=1S/C23H22F5N7O2/c1-11-29-15-5-4-13(6-16(15)34(11)9-18(25)26)19-14(24)7-35-20(19)21(37-3)31-22(32-35)30-17-8-33(12(2)36)10-23(17,27)28/h4-7,17-18H,8-10H2,1-3H3,(H,30,32)/t17-/m1/s1. The molecule has 1 atom stereocenters. The summed E-state index contributed by atoms with van der Waals surface area (Å²) >= 11 is 0. The first kappa shape index (κ1) is 24.7. The highest BCUT2D eigenvalue weighted by molar-refractivity contribution is 5.90. The van der Waals surface area contributed by atoms with Crippen molar-refractivity contribution in [1.82, 2.24) is 29.0 Å². The van der Waals surface area contributed by atoms with Gasteiger partial charge >= 0.3 is 0 Å². The number of imidazole rings is 1. The van der Waals surface area contributed by atoms with E-state index in [2.05, 4.69) is 20.4 Å². The van der Waals surface area contributed by atoms with Crippen molar-refractivity contribution < 1.29 is 31.5 Å². The Labute approximate surface area is 206 Å². The number of fused-ring (bicyclic) bond motifs is 2. The monoisotopic (exact) mass is 523 g/mol. The first-order valence-electron chi connectivity index (χ1n) is 11.3. The molecule has 1 fully saturated rings. The SMILES string of the molecule is COc1nc(N[C@@H]2CN(C(C)=O)CC2(F)F)nn2cc(F)c(-c3ccc4nc(C)n(CC(F)F)c4c3)c12. The molecule has 0 aliphatic carbocycles. The van der Waals surface area contributed by atoms with Crippen molar-refractivity contribution in [2.75, 3.05) is 25.5 Å². The molecule has 1 N–H and O–H groups in total. The number of nitrogens with one attached hydrogen (secondary N) is 1. The van der Waals surface area contributed by atoms with Crippen LogP contribution in [0.4, 0.5) is 27.9 Å². The molecule has 196 valence electrons. The van der Waals surface area contributed by atoms with Crippen LogP contribution >= 0.6 is 0 Å². The summed E-state index contributed by atoms with van der Waals surface area (Å²) in [5.74, 6) is -4.40. The maximum absolute atomic E-state index is 15.3. The molecule has 0 saturated carbocycles. The number of anilines is 1. The van der Waals surface area contributed by atoms with Crippen molar-refractivity contribution >= 4 is 28.4 Å². The molecule has 5 rings (SSSR count). The second-order valence-electron chi connectivity index (χ2n) is 8.81. The van der Waals surface area contributed by atoms with Gasteiger partial charge in [-0.2, -0.15) is 4.98 Å². The fourth-order valence-electron chi connectivity index (χ4n) is 4.60. The van der Waals surface area contributed by atoms with Gasteiger partial charge in [0.25, 0.3) is 12.3 Å². The number of amides is 1. The van der Waals surface area contributed by atoms with E-state index in [4.69, 9.17) is 4.74 Å². The summed E-state index contributed by atoms with van der Waals surface area (Å²) in [5.41, 5.74) is 1.36. The van der Waals surface area contributed by atoms with Crippen molar-refractivity contribution in [3.63, 3.8) is 0 Å². The fraction of sp³-hybridized carbons (Fsp3) is 0.391. The summed E-state index contributed by atoms with van der Waals surface area (Å²) in [6.45, 7) is 1.23. The number of nitrogens with zero attached hydrogens (tertiary/aromatic N) is 6. The lowest BCUT2D eigenvalue weighted by Gasteiger charge is -2.19. The Morgan fingerprint density at radius 1 is 1.30 bits per heavy atom. The number of hydrogen-bond acceptors (Lipinski definition) is 6. The molecule has 0 bridgehead atoms. The average Bonchev–Trinajstić information content (AvgIpc) is 3.42. The number of carbonyl (C=O) groups excluding carboxylic acids is 1. The smallest absolute Gasteiger partial charge is 0.286 e. The van der Waals surface area contributed by atoms with Gasteiger partial charge in [-0.3, -0.25) is 4.79 Å². The van der Waals surface area contributed by atoms with Crippen LogP contribution in [0, 0.1) is 12.7 Å². The number of hydrogen-bond donors (Lipinski definition) is 1. The van der Waals surface area contributed by atoms with Gasteiger partial charge in [-0.15, -0.1) is 5.10 Å². The molecule has 1 aliphatic heterocycles. The van der Waals surface area contributed by atoms with Crippen molar-refractivity contribution in [1.29, 1.82) is 0 Å². The summed E-state index contributed by atoms with van der Waals surface area (Å²) in [5, 5.41) is 6.67. The van der Waals surface area contributed by atoms with Crippen LogP contribution in [-0.4, -0.2) is 73.5 Å². The van der Waals surface area contributed by atoms with Crippen LogP contribution in [0.15, 0.2) is 24.4 Å². The van der Waals surface area contributed by atoms with Crippen LogP contribution in [-0.2, 0) is 11.3 Å². The molecular weight excluding hydrogens is 501 g/mol. The quantitative estimate of drug-likeness (QED) is 0.388. The molecule has 14 heteroatoms. The van der Waals surface area contributed by atoms with Gasteiger partial charge in [0.05, 0.1) is 43.0 Å². The third-order valence-electron chi connectivity index (χ3n) is 6.36. The first-order chi connectivity index (χ1) is 17.5. The molecule has 3 aromatic heterocycles. The van der Waals surface area contributed by atoms with Crippen LogP contribution in [0.5, 0.6) is 5.88 Å². The number of aromatic nitrogens is 5. The van der Waals surface area contributed by atoms with Crippen LogP contribution < -0.4 is 10.1 Å². The number of alkyl halides is 4. The Hall–Kier alpha value is -3.97. The maximum Gasteiger partial charge on any atom is 0.286 e. The lowest BCUT2D eigenvalue weighted by atomic mass is 10.1. The molecule has 0 spiro atoms. The zero-order valence-corrected chi connectivity index (χ0v) is 20.0. The van der Waals surface area contributed by atoms with Crippen molar-refractivity contribution in [2.24, 2.45) is 0 Å². The zero-order valence-electron chi connectivity index (χ0n) is 20.0. The minimum atomic E-state index is -3.24. The number of benzene rings is 1. The highest BCUT2D eigenvalue weighted by Crippen LogP contribution is 2.36. The fourth-order valence-corrected chi connectivity index (χ4v) is 4.60. The third kappa shape index (κ3) is 4.29. The van der Waals surface area contributed by atoms with E-state index in [-0.39, 0.29) is 29.5 Å². The number of halogens is 5. The predicted octanol–water partition coefficient (Wildman–Crippen LogP) is 3.75. The Kier molecular flexibility index (Phi) is 5.91. The Bertz CT molecular complexity index is 1520. The molecule has 4 aromatic rings. The number of likely N-dealkylation sites (tertiary alicyclic amines) is 1. The van der Waals surface area contributed by atoms with E-state index in [9.17, 15) is 22.4 Å². The zero-order chi connectivity index (χ0) is 26.6. The average molecular weight is 523 g/mol. The van der Waals surface area contributed by atoms with Gasteiger partial charge in [-0.1, -0.05) is 6.07 Å². The molecule has 37 heavy (non-hydrogen) atoms. The highest BCUT2D eigenvalue weighted by Gasteiger charge is 2.49. The number of methoxy groups -OCH3 is 1. The summed E-state index contributed by atoms with van der Waals surface area (Å²) in [6, 6.07) is 3.26. The molecule has 4 heterocycles. The number of aryl methyl sites for hydroxylation is 1. The molecule has 1 aliphatic rings. The summed E-state index contributed by atoms with van der Waals surface area (Å²) in [7, 11) is 1.28. The van der Waals surface area contributed by atoms with E-state index < -0.39 is 43.2 Å².